The summed E-state index contributed by atoms with van der Waals surface area (Å²) in [4.78, 5) is 28.9. The Morgan fingerprint density at radius 2 is 1.61 bits per heavy atom. The minimum atomic E-state index is -4.68. The van der Waals surface area contributed by atoms with Crippen LogP contribution in [0.5, 0.6) is 0 Å². The summed E-state index contributed by atoms with van der Waals surface area (Å²) in [5.74, 6) is -1.13. The molecular formula is C20H15BrF3N7O2. The predicted molar refractivity (Wildman–Crippen MR) is 116 cm³/mol. The fourth-order valence-electron chi connectivity index (χ4n) is 3.02. The van der Waals surface area contributed by atoms with Crippen LogP contribution in [0.4, 0.5) is 24.5 Å². The summed E-state index contributed by atoms with van der Waals surface area (Å²) in [5.41, 5.74) is -0.240. The Labute approximate surface area is 192 Å². The minimum Gasteiger partial charge on any atom is -0.321 e. The lowest BCUT2D eigenvalue weighted by Gasteiger charge is -2.09. The zero-order valence-electron chi connectivity index (χ0n) is 17.1. The van der Waals surface area contributed by atoms with Gasteiger partial charge in [-0.3, -0.25) is 14.3 Å². The van der Waals surface area contributed by atoms with Crippen LogP contribution >= 0.6 is 15.9 Å². The maximum absolute atomic E-state index is 13.4. The Balaban J connectivity index is 1.53. The van der Waals surface area contributed by atoms with Gasteiger partial charge in [0, 0.05) is 30.3 Å². The number of hydrogen-bond donors (Lipinski definition) is 2. The largest absolute Gasteiger partial charge is 0.433 e. The van der Waals surface area contributed by atoms with Gasteiger partial charge in [-0.2, -0.15) is 23.4 Å². The van der Waals surface area contributed by atoms with Gasteiger partial charge < -0.3 is 10.6 Å². The van der Waals surface area contributed by atoms with E-state index in [0.717, 1.165) is 6.07 Å². The molecule has 0 spiro atoms. The monoisotopic (exact) mass is 521 g/mol. The first kappa shape index (κ1) is 22.5. The number of carbonyl (C=O) groups excluding carboxylic acids is 2. The van der Waals surface area contributed by atoms with E-state index in [9.17, 15) is 22.8 Å². The highest BCUT2D eigenvalue weighted by Gasteiger charge is 2.36. The van der Waals surface area contributed by atoms with Crippen LogP contribution in [0, 0.1) is 6.92 Å². The molecule has 33 heavy (non-hydrogen) atoms. The molecule has 4 aromatic rings. The average molecular weight is 522 g/mol. The van der Waals surface area contributed by atoms with E-state index >= 15 is 0 Å². The molecule has 0 saturated heterocycles. The highest BCUT2D eigenvalue weighted by Crippen LogP contribution is 2.32. The quantitative estimate of drug-likeness (QED) is 0.421. The van der Waals surface area contributed by atoms with Crippen molar-refractivity contribution in [3.05, 3.63) is 69.8 Å². The Kier molecular flexibility index (Phi) is 5.66. The Morgan fingerprint density at radius 3 is 2.15 bits per heavy atom. The van der Waals surface area contributed by atoms with Crippen LogP contribution in [-0.2, 0) is 13.2 Å². The molecule has 0 bridgehead atoms. The fourth-order valence-corrected chi connectivity index (χ4v) is 3.53. The predicted octanol–water partition coefficient (Wildman–Crippen LogP) is 4.06. The molecule has 0 aliphatic carbocycles. The molecule has 0 atom stereocenters. The molecule has 13 heteroatoms. The zero-order valence-corrected chi connectivity index (χ0v) is 18.7. The molecule has 170 valence electrons. The van der Waals surface area contributed by atoms with Gasteiger partial charge in [0.1, 0.15) is 5.69 Å². The lowest BCUT2D eigenvalue weighted by Crippen LogP contribution is -2.16. The van der Waals surface area contributed by atoms with Crippen LogP contribution < -0.4 is 10.6 Å². The van der Waals surface area contributed by atoms with Gasteiger partial charge in [-0.25, -0.2) is 9.50 Å². The lowest BCUT2D eigenvalue weighted by atomic mass is 10.2. The summed E-state index contributed by atoms with van der Waals surface area (Å²) >= 11 is 3.13. The van der Waals surface area contributed by atoms with Gasteiger partial charge in [-0.05, 0) is 59.3 Å². The van der Waals surface area contributed by atoms with Crippen molar-refractivity contribution in [1.82, 2.24) is 24.4 Å². The summed E-state index contributed by atoms with van der Waals surface area (Å²) in [6.45, 7) is 1.42. The van der Waals surface area contributed by atoms with Gasteiger partial charge in [0.15, 0.2) is 17.0 Å². The van der Waals surface area contributed by atoms with Crippen molar-refractivity contribution >= 4 is 44.8 Å². The maximum atomic E-state index is 13.4. The van der Waals surface area contributed by atoms with Crippen molar-refractivity contribution in [3.8, 4) is 0 Å². The molecule has 0 fully saturated rings. The molecule has 2 amide bonds. The van der Waals surface area contributed by atoms with E-state index in [1.165, 1.54) is 23.7 Å². The van der Waals surface area contributed by atoms with Gasteiger partial charge in [0.25, 0.3) is 11.8 Å². The van der Waals surface area contributed by atoms with Crippen LogP contribution in [0.25, 0.3) is 5.65 Å². The van der Waals surface area contributed by atoms with E-state index in [1.807, 2.05) is 0 Å². The number of anilines is 2. The van der Waals surface area contributed by atoms with Crippen LogP contribution in [0.3, 0.4) is 0 Å². The number of halogens is 4. The number of nitrogens with one attached hydrogen (secondary N) is 2. The molecule has 3 aromatic heterocycles. The van der Waals surface area contributed by atoms with E-state index in [2.05, 4.69) is 41.7 Å². The van der Waals surface area contributed by atoms with E-state index in [0.29, 0.717) is 15.9 Å². The van der Waals surface area contributed by atoms with Gasteiger partial charge in [0.05, 0.1) is 4.47 Å². The summed E-state index contributed by atoms with van der Waals surface area (Å²) in [6, 6.07) is 8.59. The first-order valence-corrected chi connectivity index (χ1v) is 10.2. The second kappa shape index (κ2) is 8.31. The van der Waals surface area contributed by atoms with Gasteiger partial charge in [0.2, 0.25) is 0 Å². The van der Waals surface area contributed by atoms with Crippen LogP contribution in [0.15, 0.2) is 47.1 Å². The average Bonchev–Trinajstić information content (AvgIpc) is 3.32. The molecule has 0 radical (unpaired) electrons. The maximum Gasteiger partial charge on any atom is 0.433 e. The summed E-state index contributed by atoms with van der Waals surface area (Å²) < 4.78 is 42.3. The number of fused-ring (bicyclic) bond motifs is 1. The van der Waals surface area contributed by atoms with Crippen molar-refractivity contribution in [2.24, 2.45) is 7.05 Å². The zero-order chi connectivity index (χ0) is 23.9. The molecule has 3 heterocycles. The standard InChI is InChI=1S/C20H15BrF3N7O2/c1-10-9-14(20(22,23)24)31-17(25-10)15(21)16(29-31)19(33)27-12-5-3-11(4-6-12)26-18(32)13-7-8-30(2)28-13/h3-9H,1-2H3,(H,26,32)(H,27,33). The van der Waals surface area contributed by atoms with Crippen LogP contribution in [0.1, 0.15) is 32.4 Å². The smallest absolute Gasteiger partial charge is 0.321 e. The Hall–Kier alpha value is -3.74. The number of aryl methyl sites for hydroxylation is 2. The number of carbonyl (C=O) groups is 2. The highest BCUT2D eigenvalue weighted by molar-refractivity contribution is 9.10. The van der Waals surface area contributed by atoms with Crippen molar-refractivity contribution in [2.45, 2.75) is 13.1 Å². The van der Waals surface area contributed by atoms with Gasteiger partial charge in [-0.1, -0.05) is 0 Å². The fraction of sp³-hybridized carbons (Fsp3) is 0.150. The van der Waals surface area contributed by atoms with E-state index < -0.39 is 23.7 Å². The molecule has 1 aromatic carbocycles. The number of alkyl halides is 3. The normalized spacial score (nSPS) is 11.6. The first-order valence-electron chi connectivity index (χ1n) is 9.38. The first-order chi connectivity index (χ1) is 15.5. The number of amides is 2. The third-order valence-electron chi connectivity index (χ3n) is 4.51. The molecule has 0 aliphatic heterocycles. The highest BCUT2D eigenvalue weighted by atomic mass is 79.9. The summed E-state index contributed by atoms with van der Waals surface area (Å²) in [6.07, 6.45) is -3.04. The van der Waals surface area contributed by atoms with Crippen LogP contribution in [0.2, 0.25) is 0 Å². The van der Waals surface area contributed by atoms with E-state index in [4.69, 9.17) is 0 Å². The molecule has 0 unspecified atom stereocenters. The molecule has 0 saturated carbocycles. The van der Waals surface area contributed by atoms with Gasteiger partial charge in [-0.15, -0.1) is 0 Å². The number of hydrogen-bond acceptors (Lipinski definition) is 5. The van der Waals surface area contributed by atoms with Gasteiger partial charge >= 0.3 is 6.18 Å². The topological polar surface area (TPSA) is 106 Å². The van der Waals surface area contributed by atoms with E-state index in [1.54, 1.807) is 31.4 Å². The molecule has 9 nitrogen and oxygen atoms in total. The molecule has 0 aliphatic rings. The van der Waals surface area contributed by atoms with Crippen molar-refractivity contribution in [2.75, 3.05) is 10.6 Å². The van der Waals surface area contributed by atoms with Crippen LogP contribution in [-0.4, -0.2) is 36.2 Å². The second-order valence-corrected chi connectivity index (χ2v) is 7.83. The molecule has 2 N–H and O–H groups in total. The van der Waals surface area contributed by atoms with Crippen molar-refractivity contribution < 1.29 is 22.8 Å². The summed E-state index contributed by atoms with van der Waals surface area (Å²) in [7, 11) is 1.69. The number of aromatic nitrogens is 5. The SMILES string of the molecule is Cc1cc(C(F)(F)F)n2nc(C(=O)Nc3ccc(NC(=O)c4ccn(C)n4)cc3)c(Br)c2n1. The molecule has 4 rings (SSSR count). The number of benzene rings is 1. The molecular weight excluding hydrogens is 507 g/mol. The summed E-state index contributed by atoms with van der Waals surface area (Å²) in [5, 5.41) is 13.1. The van der Waals surface area contributed by atoms with Crippen molar-refractivity contribution in [3.63, 3.8) is 0 Å². The Morgan fingerprint density at radius 1 is 1.00 bits per heavy atom. The lowest BCUT2D eigenvalue weighted by molar-refractivity contribution is -0.142. The van der Waals surface area contributed by atoms with E-state index in [-0.39, 0.29) is 27.2 Å². The Bertz CT molecular complexity index is 1380. The third kappa shape index (κ3) is 4.58. The minimum absolute atomic E-state index is 0.0356. The number of nitrogens with zero attached hydrogens (tertiary/aromatic N) is 5. The third-order valence-corrected chi connectivity index (χ3v) is 5.24. The van der Waals surface area contributed by atoms with Crippen molar-refractivity contribution in [1.29, 1.82) is 0 Å². The second-order valence-electron chi connectivity index (χ2n) is 7.04. The number of rotatable bonds is 4.